The second kappa shape index (κ2) is 10.9. The Kier molecular flexibility index (Phi) is 8.15. The molecule has 4 rings (SSSR count). The molecule has 0 radical (unpaired) electrons. The summed E-state index contributed by atoms with van der Waals surface area (Å²) in [5.41, 5.74) is -2.85. The smallest absolute Gasteiger partial charge is 0.416 e. The maximum atomic E-state index is 13.4. The lowest BCUT2D eigenvalue weighted by Gasteiger charge is -2.35. The molecule has 1 aromatic heterocycles. The molecule has 1 aliphatic heterocycles. The van der Waals surface area contributed by atoms with Crippen LogP contribution in [0.15, 0.2) is 29.0 Å². The summed E-state index contributed by atoms with van der Waals surface area (Å²) in [7, 11) is 0. The van der Waals surface area contributed by atoms with Gasteiger partial charge >= 0.3 is 18.4 Å². The van der Waals surface area contributed by atoms with E-state index in [1.165, 1.54) is 11.8 Å². The molecular formula is C25H27BrF6N4O2. The van der Waals surface area contributed by atoms with Gasteiger partial charge < -0.3 is 9.64 Å². The van der Waals surface area contributed by atoms with Gasteiger partial charge in [0.05, 0.1) is 29.9 Å². The van der Waals surface area contributed by atoms with Gasteiger partial charge in [-0.1, -0.05) is 19.3 Å². The summed E-state index contributed by atoms with van der Waals surface area (Å²) >= 11 is 3.30. The van der Waals surface area contributed by atoms with Crippen molar-refractivity contribution in [2.45, 2.75) is 83.0 Å². The van der Waals surface area contributed by atoms with Gasteiger partial charge in [-0.2, -0.15) is 26.3 Å². The summed E-state index contributed by atoms with van der Waals surface area (Å²) in [6.45, 7) is 4.09. The van der Waals surface area contributed by atoms with Gasteiger partial charge in [-0.15, -0.1) is 0 Å². The van der Waals surface area contributed by atoms with Crippen molar-refractivity contribution in [3.05, 3.63) is 51.4 Å². The molecule has 38 heavy (non-hydrogen) atoms. The Morgan fingerprint density at radius 2 is 1.66 bits per heavy atom. The number of cyclic esters (lactones) is 1. The molecule has 2 atom stereocenters. The summed E-state index contributed by atoms with van der Waals surface area (Å²) in [4.78, 5) is 25.3. The predicted octanol–water partition coefficient (Wildman–Crippen LogP) is 7.52. The maximum Gasteiger partial charge on any atom is 0.416 e. The van der Waals surface area contributed by atoms with Crippen LogP contribution in [0.4, 0.5) is 37.0 Å². The number of carbonyl (C=O) groups excluding carboxylic acids is 1. The Balaban J connectivity index is 1.65. The Hall–Kier alpha value is -2.57. The number of benzene rings is 1. The zero-order valence-electron chi connectivity index (χ0n) is 20.7. The highest BCUT2D eigenvalue weighted by Crippen LogP contribution is 2.41. The highest BCUT2D eigenvalue weighted by molar-refractivity contribution is 9.10. The monoisotopic (exact) mass is 608 g/mol. The van der Waals surface area contributed by atoms with Gasteiger partial charge in [0, 0.05) is 12.6 Å². The molecule has 0 bridgehead atoms. The van der Waals surface area contributed by atoms with Crippen LogP contribution in [0.1, 0.15) is 74.4 Å². The maximum absolute atomic E-state index is 13.4. The van der Waals surface area contributed by atoms with Crippen LogP contribution < -0.4 is 4.90 Å². The van der Waals surface area contributed by atoms with Crippen LogP contribution in [-0.2, 0) is 23.6 Å². The number of hydrogen-bond donors (Lipinski definition) is 0. The van der Waals surface area contributed by atoms with Crippen LogP contribution in [0.3, 0.4) is 0 Å². The number of hydrogen-bond acceptors (Lipinski definition) is 5. The van der Waals surface area contributed by atoms with Crippen molar-refractivity contribution in [3.63, 3.8) is 0 Å². The number of ether oxygens (including phenoxy) is 1. The second-order valence-electron chi connectivity index (χ2n) is 9.55. The second-order valence-corrected chi connectivity index (χ2v) is 10.4. The molecule has 2 unspecified atom stereocenters. The van der Waals surface area contributed by atoms with Gasteiger partial charge in [0.15, 0.2) is 5.82 Å². The summed E-state index contributed by atoms with van der Waals surface area (Å²) < 4.78 is 86.1. The fraction of sp³-hybridized carbons (Fsp3) is 0.560. The van der Waals surface area contributed by atoms with Gasteiger partial charge in [0.1, 0.15) is 16.4 Å². The fourth-order valence-corrected chi connectivity index (χ4v) is 5.50. The first kappa shape index (κ1) is 28.4. The van der Waals surface area contributed by atoms with Crippen LogP contribution in [0.2, 0.25) is 0 Å². The van der Waals surface area contributed by atoms with Crippen molar-refractivity contribution in [3.8, 4) is 0 Å². The van der Waals surface area contributed by atoms with Gasteiger partial charge in [-0.25, -0.2) is 14.8 Å². The summed E-state index contributed by atoms with van der Waals surface area (Å²) in [6.07, 6.45) is -5.33. The largest absolute Gasteiger partial charge is 0.439 e. The van der Waals surface area contributed by atoms with Crippen molar-refractivity contribution in [1.29, 1.82) is 0 Å². The topological polar surface area (TPSA) is 58.6 Å². The van der Waals surface area contributed by atoms with Crippen LogP contribution in [0.25, 0.3) is 0 Å². The molecular weight excluding hydrogens is 582 g/mol. The van der Waals surface area contributed by atoms with Gasteiger partial charge in [0.2, 0.25) is 0 Å². The first-order valence-corrected chi connectivity index (χ1v) is 13.1. The molecule has 208 valence electrons. The third kappa shape index (κ3) is 6.02. The Bertz CT molecular complexity index is 1140. The minimum Gasteiger partial charge on any atom is -0.439 e. The van der Waals surface area contributed by atoms with E-state index in [9.17, 15) is 31.1 Å². The average molecular weight is 609 g/mol. The third-order valence-electron chi connectivity index (χ3n) is 7.07. The molecule has 2 heterocycles. The number of rotatable bonds is 6. The fourth-order valence-electron chi connectivity index (χ4n) is 5.18. The zero-order chi connectivity index (χ0) is 27.8. The number of anilines is 1. The SMILES string of the molecule is CCN(c1ncc(Br)nc1CN1C(=O)OC(c2cc(C(F)(F)F)cc(C(F)(F)F)c2)C1C)C1CCCCC1. The summed E-state index contributed by atoms with van der Waals surface area (Å²) in [5, 5.41) is 0. The van der Waals surface area contributed by atoms with Crippen molar-refractivity contribution in [2.75, 3.05) is 11.4 Å². The summed E-state index contributed by atoms with van der Waals surface area (Å²) in [5.74, 6) is 0.587. The van der Waals surface area contributed by atoms with E-state index in [0.29, 0.717) is 34.8 Å². The van der Waals surface area contributed by atoms with Crippen LogP contribution in [0, 0.1) is 0 Å². The molecule has 0 N–H and O–H groups in total. The molecule has 1 amide bonds. The highest BCUT2D eigenvalue weighted by Gasteiger charge is 2.44. The van der Waals surface area contributed by atoms with Crippen LogP contribution in [0.5, 0.6) is 0 Å². The van der Waals surface area contributed by atoms with E-state index in [4.69, 9.17) is 4.74 Å². The molecule has 6 nitrogen and oxygen atoms in total. The third-order valence-corrected chi connectivity index (χ3v) is 7.45. The van der Waals surface area contributed by atoms with E-state index in [-0.39, 0.29) is 24.2 Å². The lowest BCUT2D eigenvalue weighted by molar-refractivity contribution is -0.143. The van der Waals surface area contributed by atoms with E-state index in [0.717, 1.165) is 32.1 Å². The lowest BCUT2D eigenvalue weighted by atomic mass is 9.94. The van der Waals surface area contributed by atoms with E-state index in [2.05, 4.69) is 30.8 Å². The van der Waals surface area contributed by atoms with Crippen molar-refractivity contribution < 1.29 is 35.9 Å². The highest BCUT2D eigenvalue weighted by atomic mass is 79.9. The predicted molar refractivity (Wildman–Crippen MR) is 130 cm³/mol. The molecule has 1 saturated heterocycles. The van der Waals surface area contributed by atoms with E-state index >= 15 is 0 Å². The van der Waals surface area contributed by atoms with Crippen molar-refractivity contribution in [2.24, 2.45) is 0 Å². The van der Waals surface area contributed by atoms with E-state index in [1.807, 2.05) is 6.92 Å². The van der Waals surface area contributed by atoms with E-state index in [1.54, 1.807) is 6.20 Å². The molecule has 2 aliphatic rings. The molecule has 0 spiro atoms. The summed E-state index contributed by atoms with van der Waals surface area (Å²) in [6, 6.07) is 0.630. The first-order valence-electron chi connectivity index (χ1n) is 12.3. The molecule has 2 fully saturated rings. The minimum absolute atomic E-state index is 0.0522. The minimum atomic E-state index is -5.01. The van der Waals surface area contributed by atoms with Crippen LogP contribution in [-0.4, -0.2) is 39.6 Å². The average Bonchev–Trinajstić information content (AvgIpc) is 3.13. The molecule has 1 aromatic carbocycles. The quantitative estimate of drug-likeness (QED) is 0.317. The normalized spacial score (nSPS) is 21.1. The zero-order valence-corrected chi connectivity index (χ0v) is 22.3. The standard InChI is InChI=1S/C25H27BrF6N4O2/c1-3-35(18-7-5-4-6-8-18)22-19(34-20(26)12-33-22)13-36-14(2)21(38-23(36)37)15-9-16(24(27,28)29)11-17(10-15)25(30,31)32/h9-12,14,18,21H,3-8,13H2,1-2H3. The molecule has 1 saturated carbocycles. The number of halogens is 7. The van der Waals surface area contributed by atoms with Gasteiger partial charge in [0.25, 0.3) is 0 Å². The van der Waals surface area contributed by atoms with Crippen LogP contribution >= 0.6 is 15.9 Å². The van der Waals surface area contributed by atoms with Crippen molar-refractivity contribution >= 4 is 27.8 Å². The van der Waals surface area contributed by atoms with E-state index < -0.39 is 41.7 Å². The van der Waals surface area contributed by atoms with Gasteiger partial charge in [-0.3, -0.25) is 4.90 Å². The number of amides is 1. The number of alkyl halides is 6. The number of nitrogens with zero attached hydrogens (tertiary/aromatic N) is 4. The Morgan fingerprint density at radius 1 is 1.05 bits per heavy atom. The Labute approximate surface area is 224 Å². The molecule has 2 aromatic rings. The van der Waals surface area contributed by atoms with Crippen molar-refractivity contribution in [1.82, 2.24) is 14.9 Å². The molecule has 1 aliphatic carbocycles. The first-order chi connectivity index (χ1) is 17.8. The lowest BCUT2D eigenvalue weighted by Crippen LogP contribution is -2.39. The molecule has 13 heteroatoms. The Morgan fingerprint density at radius 3 is 2.21 bits per heavy atom. The number of carbonyl (C=O) groups is 1. The number of aromatic nitrogens is 2. The van der Waals surface area contributed by atoms with Gasteiger partial charge in [-0.05, 0) is 66.4 Å².